The highest BCUT2D eigenvalue weighted by atomic mass is 32.1. The molecule has 1 aromatic carbocycles. The largest absolute Gasteiger partial charge is 0.494 e. The number of unbranched alkanes of at least 4 members (excludes halogenated alkanes) is 5. The first-order valence-electron chi connectivity index (χ1n) is 11.4. The number of rotatable bonds is 12. The molecule has 0 aliphatic rings. The van der Waals surface area contributed by atoms with E-state index in [0.717, 1.165) is 41.5 Å². The van der Waals surface area contributed by atoms with Crippen LogP contribution in [-0.4, -0.2) is 41.5 Å². The molecule has 1 amide bonds. The predicted octanol–water partition coefficient (Wildman–Crippen LogP) is 6.24. The first kappa shape index (κ1) is 23.9. The zero-order valence-corrected chi connectivity index (χ0v) is 20.2. The Hall–Kier alpha value is -2.73. The second-order valence-electron chi connectivity index (χ2n) is 8.23. The number of benzene rings is 1. The molecule has 0 aliphatic carbocycles. The summed E-state index contributed by atoms with van der Waals surface area (Å²) in [6, 6.07) is 10.2. The Morgan fingerprint density at radius 2 is 1.78 bits per heavy atom. The van der Waals surface area contributed by atoms with Gasteiger partial charge in [0.25, 0.3) is 5.91 Å². The third-order valence-corrected chi connectivity index (χ3v) is 6.13. The highest BCUT2D eigenvalue weighted by molar-refractivity contribution is 7.10. The summed E-state index contributed by atoms with van der Waals surface area (Å²) >= 11 is 1.62. The Bertz CT molecular complexity index is 983. The van der Waals surface area contributed by atoms with Crippen molar-refractivity contribution in [2.45, 2.75) is 51.9 Å². The number of carbonyl (C=O) groups is 1. The quantitative estimate of drug-likeness (QED) is 0.306. The molecular weight excluding hydrogens is 418 g/mol. The van der Waals surface area contributed by atoms with E-state index in [0.29, 0.717) is 5.56 Å². The number of ether oxygens (including phenoxy) is 1. The fraction of sp³-hybridized carbons (Fsp3) is 0.423. The zero-order valence-electron chi connectivity index (χ0n) is 19.3. The number of carbonyl (C=O) groups excluding carboxylic acids is 1. The molecule has 5 nitrogen and oxygen atoms in total. The van der Waals surface area contributed by atoms with Crippen LogP contribution in [-0.2, 0) is 6.42 Å². The van der Waals surface area contributed by atoms with Gasteiger partial charge in [-0.05, 0) is 30.2 Å². The van der Waals surface area contributed by atoms with Gasteiger partial charge in [0.2, 0.25) is 0 Å². The van der Waals surface area contributed by atoms with E-state index in [1.165, 1.54) is 37.7 Å². The average Bonchev–Trinajstić information content (AvgIpc) is 3.27. The fourth-order valence-electron chi connectivity index (χ4n) is 3.43. The summed E-state index contributed by atoms with van der Waals surface area (Å²) in [5.41, 5.74) is 3.48. The summed E-state index contributed by atoms with van der Waals surface area (Å²) in [5, 5.41) is 3.05. The number of hydrogen-bond donors (Lipinski definition) is 0. The van der Waals surface area contributed by atoms with Gasteiger partial charge in [-0.25, -0.2) is 4.98 Å². The van der Waals surface area contributed by atoms with Crippen LogP contribution < -0.4 is 4.74 Å². The van der Waals surface area contributed by atoms with Gasteiger partial charge in [-0.3, -0.25) is 9.78 Å². The minimum atomic E-state index is -0.0615. The van der Waals surface area contributed by atoms with Gasteiger partial charge in [0, 0.05) is 43.9 Å². The zero-order chi connectivity index (χ0) is 22.8. The SMILES string of the molecule is CCCCCCCCOc1ccc(Cc2nc(-c3cncc(C(=O)N(C)C)c3)cs2)cc1. The maximum absolute atomic E-state index is 12.2. The monoisotopic (exact) mass is 451 g/mol. The van der Waals surface area contributed by atoms with E-state index in [9.17, 15) is 4.79 Å². The van der Waals surface area contributed by atoms with Crippen LogP contribution in [0.3, 0.4) is 0 Å². The normalized spacial score (nSPS) is 10.8. The molecule has 0 saturated carbocycles. The molecule has 0 saturated heterocycles. The molecule has 0 radical (unpaired) electrons. The molecule has 170 valence electrons. The molecule has 3 aromatic rings. The maximum atomic E-state index is 12.2. The summed E-state index contributed by atoms with van der Waals surface area (Å²) in [4.78, 5) is 22.7. The van der Waals surface area contributed by atoms with Crippen LogP contribution in [0.4, 0.5) is 0 Å². The van der Waals surface area contributed by atoms with Crippen LogP contribution in [0.25, 0.3) is 11.3 Å². The van der Waals surface area contributed by atoms with Crippen LogP contribution >= 0.6 is 11.3 Å². The van der Waals surface area contributed by atoms with E-state index in [1.54, 1.807) is 42.7 Å². The molecule has 0 N–H and O–H groups in total. The summed E-state index contributed by atoms with van der Waals surface area (Å²) in [6.07, 6.45) is 11.7. The van der Waals surface area contributed by atoms with E-state index in [1.807, 2.05) is 23.6 Å². The number of aromatic nitrogens is 2. The lowest BCUT2D eigenvalue weighted by atomic mass is 10.1. The van der Waals surface area contributed by atoms with Crippen molar-refractivity contribution in [3.05, 3.63) is 64.2 Å². The second kappa shape index (κ2) is 12.3. The van der Waals surface area contributed by atoms with Crippen molar-refractivity contribution in [3.8, 4) is 17.0 Å². The molecule has 2 aromatic heterocycles. The van der Waals surface area contributed by atoms with Crippen LogP contribution in [0.2, 0.25) is 0 Å². The third-order valence-electron chi connectivity index (χ3n) is 5.28. The minimum absolute atomic E-state index is 0.0615. The van der Waals surface area contributed by atoms with E-state index >= 15 is 0 Å². The average molecular weight is 452 g/mol. The molecule has 0 unspecified atom stereocenters. The smallest absolute Gasteiger partial charge is 0.254 e. The molecule has 0 fully saturated rings. The van der Waals surface area contributed by atoms with Crippen molar-refractivity contribution in [2.75, 3.05) is 20.7 Å². The number of pyridine rings is 1. The van der Waals surface area contributed by atoms with Gasteiger partial charge in [0.05, 0.1) is 22.9 Å². The van der Waals surface area contributed by atoms with Crippen molar-refractivity contribution >= 4 is 17.2 Å². The Labute approximate surface area is 195 Å². The molecule has 0 bridgehead atoms. The van der Waals surface area contributed by atoms with E-state index in [4.69, 9.17) is 9.72 Å². The fourth-order valence-corrected chi connectivity index (χ4v) is 4.27. The van der Waals surface area contributed by atoms with Gasteiger partial charge >= 0.3 is 0 Å². The molecular formula is C26H33N3O2S. The van der Waals surface area contributed by atoms with Gasteiger partial charge in [0.1, 0.15) is 5.75 Å². The summed E-state index contributed by atoms with van der Waals surface area (Å²) < 4.78 is 5.88. The number of amides is 1. The Balaban J connectivity index is 1.51. The molecule has 2 heterocycles. The van der Waals surface area contributed by atoms with Gasteiger partial charge in [-0.1, -0.05) is 51.2 Å². The van der Waals surface area contributed by atoms with Gasteiger partial charge in [-0.2, -0.15) is 0 Å². The van der Waals surface area contributed by atoms with Crippen molar-refractivity contribution in [1.29, 1.82) is 0 Å². The molecule has 3 rings (SSSR count). The number of thiazole rings is 1. The maximum Gasteiger partial charge on any atom is 0.254 e. The van der Waals surface area contributed by atoms with Gasteiger partial charge in [0.15, 0.2) is 0 Å². The van der Waals surface area contributed by atoms with E-state index in [2.05, 4.69) is 24.0 Å². The molecule has 0 aliphatic heterocycles. The van der Waals surface area contributed by atoms with Crippen LogP contribution in [0.15, 0.2) is 48.1 Å². The van der Waals surface area contributed by atoms with Crippen molar-refractivity contribution in [2.24, 2.45) is 0 Å². The Morgan fingerprint density at radius 1 is 1.03 bits per heavy atom. The Kier molecular flexibility index (Phi) is 9.23. The molecule has 0 atom stereocenters. The standard InChI is InChI=1S/C26H33N3O2S/c1-4-5-6-7-8-9-14-31-23-12-10-20(11-13-23)15-25-28-24(19-32-25)21-16-22(18-27-17-21)26(30)29(2)3/h10-13,16-19H,4-9,14-15H2,1-3H3. The molecule has 0 spiro atoms. The summed E-state index contributed by atoms with van der Waals surface area (Å²) in [7, 11) is 3.47. The lowest BCUT2D eigenvalue weighted by Crippen LogP contribution is -2.21. The van der Waals surface area contributed by atoms with Gasteiger partial charge in [-0.15, -0.1) is 11.3 Å². The summed E-state index contributed by atoms with van der Waals surface area (Å²) in [6.45, 7) is 3.02. The van der Waals surface area contributed by atoms with Crippen molar-refractivity contribution in [3.63, 3.8) is 0 Å². The van der Waals surface area contributed by atoms with Crippen molar-refractivity contribution in [1.82, 2.24) is 14.9 Å². The molecule has 6 heteroatoms. The lowest BCUT2D eigenvalue weighted by Gasteiger charge is -2.10. The van der Waals surface area contributed by atoms with E-state index in [-0.39, 0.29) is 5.91 Å². The predicted molar refractivity (Wildman–Crippen MR) is 131 cm³/mol. The first-order valence-corrected chi connectivity index (χ1v) is 12.3. The first-order chi connectivity index (χ1) is 15.6. The lowest BCUT2D eigenvalue weighted by molar-refractivity contribution is 0.0827. The number of nitrogens with zero attached hydrogens (tertiary/aromatic N) is 3. The molecule has 32 heavy (non-hydrogen) atoms. The summed E-state index contributed by atoms with van der Waals surface area (Å²) in [5.74, 6) is 0.865. The Morgan fingerprint density at radius 3 is 2.53 bits per heavy atom. The van der Waals surface area contributed by atoms with Crippen molar-refractivity contribution < 1.29 is 9.53 Å². The van der Waals surface area contributed by atoms with Crippen LogP contribution in [0.1, 0.15) is 66.4 Å². The second-order valence-corrected chi connectivity index (χ2v) is 9.17. The third kappa shape index (κ3) is 7.16. The van der Waals surface area contributed by atoms with Crippen LogP contribution in [0.5, 0.6) is 5.75 Å². The van der Waals surface area contributed by atoms with Crippen LogP contribution in [0, 0.1) is 0 Å². The highest BCUT2D eigenvalue weighted by Gasteiger charge is 2.12. The highest BCUT2D eigenvalue weighted by Crippen LogP contribution is 2.24. The topological polar surface area (TPSA) is 55.3 Å². The minimum Gasteiger partial charge on any atom is -0.494 e. The number of hydrogen-bond acceptors (Lipinski definition) is 5. The van der Waals surface area contributed by atoms with Gasteiger partial charge < -0.3 is 9.64 Å². The van der Waals surface area contributed by atoms with E-state index < -0.39 is 0 Å².